The minimum Gasteiger partial charge on any atom is -0.325 e. The van der Waals surface area contributed by atoms with Gasteiger partial charge in [0.2, 0.25) is 11.8 Å². The monoisotopic (exact) mass is 350 g/mol. The molecule has 0 unspecified atom stereocenters. The van der Waals surface area contributed by atoms with Crippen molar-refractivity contribution < 1.29 is 18.4 Å². The van der Waals surface area contributed by atoms with E-state index in [1.807, 2.05) is 0 Å². The Balaban J connectivity index is 1.77. The Kier molecular flexibility index (Phi) is 6.31. The standard InChI is InChI=1S/C17H16F2N2O2S/c1-11(17(23)21-15-8-4-13(19)5-9-15)24-10-16(22)20-14-6-2-12(18)3-7-14/h2-9,11H,10H2,1H3,(H,20,22)(H,21,23)/t11-/m0/s1. The minimum absolute atomic E-state index is 0.0788. The summed E-state index contributed by atoms with van der Waals surface area (Å²) in [6.07, 6.45) is 0. The quantitative estimate of drug-likeness (QED) is 0.836. The predicted octanol–water partition coefficient (Wildman–Crippen LogP) is 3.66. The summed E-state index contributed by atoms with van der Waals surface area (Å²) in [6, 6.07) is 10.9. The molecule has 2 N–H and O–H groups in total. The summed E-state index contributed by atoms with van der Waals surface area (Å²) in [5.74, 6) is -1.24. The van der Waals surface area contributed by atoms with Crippen LogP contribution < -0.4 is 10.6 Å². The van der Waals surface area contributed by atoms with Gasteiger partial charge in [-0.05, 0) is 55.5 Å². The van der Waals surface area contributed by atoms with Crippen molar-refractivity contribution in [2.45, 2.75) is 12.2 Å². The van der Waals surface area contributed by atoms with Gasteiger partial charge in [0.05, 0.1) is 11.0 Å². The third-order valence-corrected chi connectivity index (χ3v) is 4.22. The van der Waals surface area contributed by atoms with Crippen LogP contribution in [-0.2, 0) is 9.59 Å². The SMILES string of the molecule is C[C@H](SCC(=O)Nc1ccc(F)cc1)C(=O)Nc1ccc(F)cc1. The van der Waals surface area contributed by atoms with Gasteiger partial charge in [-0.15, -0.1) is 11.8 Å². The Bertz CT molecular complexity index is 706. The second kappa shape index (κ2) is 8.44. The first kappa shape index (κ1) is 17.9. The molecule has 4 nitrogen and oxygen atoms in total. The maximum absolute atomic E-state index is 12.8. The molecule has 0 saturated carbocycles. The lowest BCUT2D eigenvalue weighted by Crippen LogP contribution is -2.25. The highest BCUT2D eigenvalue weighted by atomic mass is 32.2. The van der Waals surface area contributed by atoms with E-state index in [0.29, 0.717) is 11.4 Å². The third kappa shape index (κ3) is 5.66. The number of amides is 2. The van der Waals surface area contributed by atoms with Crippen LogP contribution in [0, 0.1) is 11.6 Å². The van der Waals surface area contributed by atoms with Gasteiger partial charge in [0, 0.05) is 11.4 Å². The smallest absolute Gasteiger partial charge is 0.237 e. The molecule has 0 aliphatic heterocycles. The van der Waals surface area contributed by atoms with Crippen molar-refractivity contribution in [1.82, 2.24) is 0 Å². The van der Waals surface area contributed by atoms with Crippen molar-refractivity contribution in [1.29, 1.82) is 0 Å². The van der Waals surface area contributed by atoms with Gasteiger partial charge < -0.3 is 10.6 Å². The molecule has 2 amide bonds. The maximum Gasteiger partial charge on any atom is 0.237 e. The normalized spacial score (nSPS) is 11.6. The molecular weight excluding hydrogens is 334 g/mol. The van der Waals surface area contributed by atoms with Crippen LogP contribution in [0.25, 0.3) is 0 Å². The number of rotatable bonds is 6. The predicted molar refractivity (Wildman–Crippen MR) is 92.0 cm³/mol. The van der Waals surface area contributed by atoms with E-state index in [9.17, 15) is 18.4 Å². The van der Waals surface area contributed by atoms with Gasteiger partial charge >= 0.3 is 0 Å². The van der Waals surface area contributed by atoms with Gasteiger partial charge in [0.1, 0.15) is 11.6 Å². The van der Waals surface area contributed by atoms with Crippen LogP contribution in [-0.4, -0.2) is 22.8 Å². The third-order valence-electron chi connectivity index (χ3n) is 3.07. The molecule has 0 spiro atoms. The first-order chi connectivity index (χ1) is 11.4. The lowest BCUT2D eigenvalue weighted by atomic mass is 10.3. The van der Waals surface area contributed by atoms with E-state index in [4.69, 9.17) is 0 Å². The number of hydrogen-bond donors (Lipinski definition) is 2. The molecule has 0 fully saturated rings. The second-order valence-electron chi connectivity index (χ2n) is 5.00. The Labute approximate surface area is 142 Å². The number of hydrogen-bond acceptors (Lipinski definition) is 3. The van der Waals surface area contributed by atoms with Crippen molar-refractivity contribution in [3.63, 3.8) is 0 Å². The van der Waals surface area contributed by atoms with Gasteiger partial charge in [0.25, 0.3) is 0 Å². The lowest BCUT2D eigenvalue weighted by Gasteiger charge is -2.12. The molecule has 2 rings (SSSR count). The number of thioether (sulfide) groups is 1. The molecule has 2 aromatic carbocycles. The van der Waals surface area contributed by atoms with Gasteiger partial charge in [-0.3, -0.25) is 9.59 Å². The highest BCUT2D eigenvalue weighted by Gasteiger charge is 2.15. The summed E-state index contributed by atoms with van der Waals surface area (Å²) in [7, 11) is 0. The second-order valence-corrected chi connectivity index (χ2v) is 6.33. The molecule has 0 saturated heterocycles. The van der Waals surface area contributed by atoms with Crippen molar-refractivity contribution in [3.8, 4) is 0 Å². The molecule has 0 radical (unpaired) electrons. The highest BCUT2D eigenvalue weighted by Crippen LogP contribution is 2.16. The molecule has 0 heterocycles. The fourth-order valence-electron chi connectivity index (χ4n) is 1.78. The van der Waals surface area contributed by atoms with Crippen LogP contribution in [0.3, 0.4) is 0 Å². The Morgan fingerprint density at radius 1 is 0.917 bits per heavy atom. The van der Waals surface area contributed by atoms with Crippen molar-refractivity contribution >= 4 is 35.0 Å². The molecule has 2 aromatic rings. The number of nitrogens with one attached hydrogen (secondary N) is 2. The highest BCUT2D eigenvalue weighted by molar-refractivity contribution is 8.01. The number of carbonyl (C=O) groups excluding carboxylic acids is 2. The Hall–Kier alpha value is -2.41. The molecule has 1 atom stereocenters. The van der Waals surface area contributed by atoms with Gasteiger partial charge in [-0.1, -0.05) is 0 Å². The van der Waals surface area contributed by atoms with E-state index in [1.54, 1.807) is 6.92 Å². The van der Waals surface area contributed by atoms with E-state index in [1.165, 1.54) is 60.3 Å². The molecule has 0 aliphatic rings. The molecule has 0 aliphatic carbocycles. The zero-order valence-electron chi connectivity index (χ0n) is 12.9. The zero-order valence-corrected chi connectivity index (χ0v) is 13.7. The molecular formula is C17H16F2N2O2S. The van der Waals surface area contributed by atoms with Gasteiger partial charge in [-0.2, -0.15) is 0 Å². The van der Waals surface area contributed by atoms with Gasteiger partial charge in [0.15, 0.2) is 0 Å². The summed E-state index contributed by atoms with van der Waals surface area (Å²) in [6.45, 7) is 1.68. The molecule has 0 bridgehead atoms. The largest absolute Gasteiger partial charge is 0.325 e. The summed E-state index contributed by atoms with van der Waals surface area (Å²) in [5, 5.41) is 4.80. The fraction of sp³-hybridized carbons (Fsp3) is 0.176. The molecule has 0 aromatic heterocycles. The van der Waals surface area contributed by atoms with E-state index in [-0.39, 0.29) is 29.2 Å². The minimum atomic E-state index is -0.464. The van der Waals surface area contributed by atoms with Crippen LogP contribution in [0.15, 0.2) is 48.5 Å². The first-order valence-corrected chi connectivity index (χ1v) is 8.22. The van der Waals surface area contributed by atoms with Crippen molar-refractivity contribution in [3.05, 3.63) is 60.2 Å². The topological polar surface area (TPSA) is 58.2 Å². The Morgan fingerprint density at radius 3 is 1.88 bits per heavy atom. The lowest BCUT2D eigenvalue weighted by molar-refractivity contribution is -0.115. The van der Waals surface area contributed by atoms with Crippen LogP contribution in [0.2, 0.25) is 0 Å². The number of carbonyl (C=O) groups is 2. The maximum atomic E-state index is 12.8. The number of benzene rings is 2. The van der Waals surface area contributed by atoms with E-state index in [2.05, 4.69) is 10.6 Å². The molecule has 7 heteroatoms. The van der Waals surface area contributed by atoms with Crippen LogP contribution >= 0.6 is 11.8 Å². The van der Waals surface area contributed by atoms with E-state index >= 15 is 0 Å². The summed E-state index contributed by atoms with van der Waals surface area (Å²) in [4.78, 5) is 23.8. The summed E-state index contributed by atoms with van der Waals surface area (Å²) >= 11 is 1.17. The average molecular weight is 350 g/mol. The first-order valence-electron chi connectivity index (χ1n) is 7.17. The molecule has 24 heavy (non-hydrogen) atoms. The van der Waals surface area contributed by atoms with Crippen LogP contribution in [0.5, 0.6) is 0 Å². The fourth-order valence-corrected chi connectivity index (χ4v) is 2.47. The number of anilines is 2. The zero-order chi connectivity index (χ0) is 17.5. The van der Waals surface area contributed by atoms with Crippen molar-refractivity contribution in [2.75, 3.05) is 16.4 Å². The van der Waals surface area contributed by atoms with Crippen molar-refractivity contribution in [2.24, 2.45) is 0 Å². The molecule has 126 valence electrons. The summed E-state index contributed by atoms with van der Waals surface area (Å²) < 4.78 is 25.6. The number of halogens is 2. The summed E-state index contributed by atoms with van der Waals surface area (Å²) in [5.41, 5.74) is 0.982. The van der Waals surface area contributed by atoms with Crippen LogP contribution in [0.4, 0.5) is 20.2 Å². The van der Waals surface area contributed by atoms with E-state index < -0.39 is 5.25 Å². The average Bonchev–Trinajstić information content (AvgIpc) is 2.57. The van der Waals surface area contributed by atoms with E-state index in [0.717, 1.165) is 0 Å². The van der Waals surface area contributed by atoms with Crippen LogP contribution in [0.1, 0.15) is 6.92 Å². The van der Waals surface area contributed by atoms with Gasteiger partial charge in [-0.25, -0.2) is 8.78 Å². The Morgan fingerprint density at radius 2 is 1.38 bits per heavy atom.